The van der Waals surface area contributed by atoms with Crippen LogP contribution in [0.4, 0.5) is 4.39 Å². The van der Waals surface area contributed by atoms with Crippen molar-refractivity contribution in [2.75, 3.05) is 6.54 Å². The number of carbonyl (C=O) groups excluding carboxylic acids is 1. The first-order chi connectivity index (χ1) is 12.7. The summed E-state index contributed by atoms with van der Waals surface area (Å²) >= 11 is 0. The number of ether oxygens (including phenoxy) is 1. The number of aromatic amines is 1. The van der Waals surface area contributed by atoms with Crippen molar-refractivity contribution in [3.05, 3.63) is 65.9 Å². The molecule has 0 aliphatic heterocycles. The standard InChI is InChI=1S/C19H19FN4O2/c1-2-21-16(25)8-4-6-14-10-22-18-17(14)19(24-12-23-18)26-11-13-5-3-7-15(20)9-13/h3-5,7-10,12H,2,6,11H2,1H3,(H,21,25)(H,22,23,24). The maximum Gasteiger partial charge on any atom is 0.243 e. The average Bonchev–Trinajstić information content (AvgIpc) is 3.04. The highest BCUT2D eigenvalue weighted by molar-refractivity contribution is 5.88. The van der Waals surface area contributed by atoms with E-state index in [0.717, 1.165) is 10.9 Å². The number of amides is 1. The minimum atomic E-state index is -0.309. The van der Waals surface area contributed by atoms with Crippen LogP contribution in [0, 0.1) is 5.82 Å². The van der Waals surface area contributed by atoms with Crippen LogP contribution in [-0.4, -0.2) is 27.4 Å². The van der Waals surface area contributed by atoms with E-state index < -0.39 is 0 Å². The number of aromatic nitrogens is 3. The molecule has 26 heavy (non-hydrogen) atoms. The third-order valence-electron chi connectivity index (χ3n) is 3.74. The van der Waals surface area contributed by atoms with Crippen LogP contribution >= 0.6 is 0 Å². The van der Waals surface area contributed by atoms with Crippen molar-refractivity contribution in [1.29, 1.82) is 0 Å². The van der Waals surface area contributed by atoms with E-state index in [-0.39, 0.29) is 18.3 Å². The Morgan fingerprint density at radius 1 is 1.38 bits per heavy atom. The summed E-state index contributed by atoms with van der Waals surface area (Å²) in [5.74, 6) is -0.0233. The van der Waals surface area contributed by atoms with Gasteiger partial charge in [-0.3, -0.25) is 4.79 Å². The summed E-state index contributed by atoms with van der Waals surface area (Å²) in [6.45, 7) is 2.65. The topological polar surface area (TPSA) is 79.9 Å². The Morgan fingerprint density at radius 3 is 3.08 bits per heavy atom. The molecular formula is C19H19FN4O2. The van der Waals surface area contributed by atoms with E-state index in [1.54, 1.807) is 18.2 Å². The highest BCUT2D eigenvalue weighted by Crippen LogP contribution is 2.26. The number of nitrogens with zero attached hydrogens (tertiary/aromatic N) is 2. The summed E-state index contributed by atoms with van der Waals surface area (Å²) in [5, 5.41) is 3.46. The largest absolute Gasteiger partial charge is 0.472 e. The SMILES string of the molecule is CCNC(=O)C=CCc1c[nH]c2ncnc(OCc3cccc(F)c3)c12. The van der Waals surface area contributed by atoms with Crippen LogP contribution in [0.1, 0.15) is 18.1 Å². The summed E-state index contributed by atoms with van der Waals surface area (Å²) < 4.78 is 19.1. The number of hydrogen-bond acceptors (Lipinski definition) is 4. The van der Waals surface area contributed by atoms with E-state index in [1.165, 1.54) is 24.5 Å². The molecular weight excluding hydrogens is 335 g/mol. The number of H-pyrrole nitrogens is 1. The van der Waals surface area contributed by atoms with E-state index in [1.807, 2.05) is 13.1 Å². The van der Waals surface area contributed by atoms with Crippen molar-refractivity contribution in [3.63, 3.8) is 0 Å². The fraction of sp³-hybridized carbons (Fsp3) is 0.211. The second kappa shape index (κ2) is 8.24. The van der Waals surface area contributed by atoms with Crippen LogP contribution in [0.15, 0.2) is 48.9 Å². The van der Waals surface area contributed by atoms with Crippen molar-refractivity contribution in [2.24, 2.45) is 0 Å². The lowest BCUT2D eigenvalue weighted by atomic mass is 10.1. The molecule has 1 aromatic carbocycles. The molecule has 7 heteroatoms. The van der Waals surface area contributed by atoms with E-state index in [2.05, 4.69) is 20.3 Å². The number of carbonyl (C=O) groups is 1. The molecule has 2 heterocycles. The van der Waals surface area contributed by atoms with Gasteiger partial charge in [-0.2, -0.15) is 0 Å². The lowest BCUT2D eigenvalue weighted by Crippen LogP contribution is -2.19. The second-order valence-corrected chi connectivity index (χ2v) is 5.64. The van der Waals surface area contributed by atoms with Crippen LogP contribution in [0.5, 0.6) is 5.88 Å². The molecule has 0 spiro atoms. The molecule has 0 aliphatic carbocycles. The molecule has 0 saturated heterocycles. The van der Waals surface area contributed by atoms with Gasteiger partial charge in [0.05, 0.1) is 5.39 Å². The van der Waals surface area contributed by atoms with Gasteiger partial charge >= 0.3 is 0 Å². The molecule has 3 rings (SSSR count). The Morgan fingerprint density at radius 2 is 2.27 bits per heavy atom. The number of hydrogen-bond donors (Lipinski definition) is 2. The summed E-state index contributed by atoms with van der Waals surface area (Å²) in [6.07, 6.45) is 7.03. The lowest BCUT2D eigenvalue weighted by Gasteiger charge is -2.07. The number of allylic oxidation sites excluding steroid dienone is 1. The summed E-state index contributed by atoms with van der Waals surface area (Å²) in [7, 11) is 0. The number of halogens is 1. The molecule has 1 amide bonds. The van der Waals surface area contributed by atoms with Gasteiger partial charge in [-0.25, -0.2) is 14.4 Å². The monoisotopic (exact) mass is 354 g/mol. The maximum atomic E-state index is 13.3. The Balaban J connectivity index is 1.78. The lowest BCUT2D eigenvalue weighted by molar-refractivity contribution is -0.116. The zero-order valence-electron chi connectivity index (χ0n) is 14.3. The van der Waals surface area contributed by atoms with Crippen molar-refractivity contribution in [3.8, 4) is 5.88 Å². The minimum Gasteiger partial charge on any atom is -0.472 e. The van der Waals surface area contributed by atoms with Gasteiger partial charge in [0.2, 0.25) is 11.8 Å². The summed E-state index contributed by atoms with van der Waals surface area (Å²) in [6, 6.07) is 6.23. The number of nitrogens with one attached hydrogen (secondary N) is 2. The van der Waals surface area contributed by atoms with Crippen molar-refractivity contribution >= 4 is 16.9 Å². The van der Waals surface area contributed by atoms with Crippen molar-refractivity contribution < 1.29 is 13.9 Å². The number of fused-ring (bicyclic) bond motifs is 1. The van der Waals surface area contributed by atoms with Crippen LogP contribution in [-0.2, 0) is 17.8 Å². The van der Waals surface area contributed by atoms with Gasteiger partial charge in [0.15, 0.2) is 0 Å². The Kier molecular flexibility index (Phi) is 5.58. The minimum absolute atomic E-state index is 0.133. The maximum absolute atomic E-state index is 13.3. The molecule has 0 aliphatic rings. The third-order valence-corrected chi connectivity index (χ3v) is 3.74. The number of rotatable bonds is 7. The Bertz CT molecular complexity index is 936. The van der Waals surface area contributed by atoms with Gasteiger partial charge in [0.1, 0.15) is 24.4 Å². The van der Waals surface area contributed by atoms with Gasteiger partial charge < -0.3 is 15.0 Å². The van der Waals surface area contributed by atoms with Crippen molar-refractivity contribution in [1.82, 2.24) is 20.3 Å². The molecule has 3 aromatic rings. The quantitative estimate of drug-likeness (QED) is 0.640. The zero-order chi connectivity index (χ0) is 18.4. The summed E-state index contributed by atoms with van der Waals surface area (Å²) in [5.41, 5.74) is 2.27. The number of benzene rings is 1. The zero-order valence-corrected chi connectivity index (χ0v) is 14.3. The van der Waals surface area contributed by atoms with Crippen LogP contribution in [0.25, 0.3) is 11.0 Å². The molecule has 134 valence electrons. The molecule has 2 aromatic heterocycles. The molecule has 2 N–H and O–H groups in total. The normalized spacial score (nSPS) is 11.2. The average molecular weight is 354 g/mol. The van der Waals surface area contributed by atoms with E-state index in [0.29, 0.717) is 30.1 Å². The number of likely N-dealkylation sites (N-methyl/N-ethyl adjacent to an activating group) is 1. The van der Waals surface area contributed by atoms with E-state index in [9.17, 15) is 9.18 Å². The Hall–Kier alpha value is -3.22. The highest BCUT2D eigenvalue weighted by Gasteiger charge is 2.12. The first kappa shape index (κ1) is 17.6. The van der Waals surface area contributed by atoms with E-state index in [4.69, 9.17) is 4.74 Å². The fourth-order valence-electron chi connectivity index (χ4n) is 2.57. The van der Waals surface area contributed by atoms with Crippen LogP contribution < -0.4 is 10.1 Å². The Labute approximate surface area is 150 Å². The first-order valence-electron chi connectivity index (χ1n) is 8.30. The highest BCUT2D eigenvalue weighted by atomic mass is 19.1. The molecule has 0 atom stereocenters. The van der Waals surface area contributed by atoms with Gasteiger partial charge in [-0.1, -0.05) is 18.2 Å². The molecule has 0 unspecified atom stereocenters. The molecule has 6 nitrogen and oxygen atoms in total. The molecule has 0 radical (unpaired) electrons. The second-order valence-electron chi connectivity index (χ2n) is 5.64. The predicted octanol–water partition coefficient (Wildman–Crippen LogP) is 2.91. The van der Waals surface area contributed by atoms with Crippen LogP contribution in [0.2, 0.25) is 0 Å². The molecule has 0 fully saturated rings. The third kappa shape index (κ3) is 4.24. The van der Waals surface area contributed by atoms with Gasteiger partial charge in [-0.05, 0) is 42.7 Å². The van der Waals surface area contributed by atoms with Gasteiger partial charge in [0.25, 0.3) is 0 Å². The first-order valence-corrected chi connectivity index (χ1v) is 8.30. The van der Waals surface area contributed by atoms with Gasteiger partial charge in [-0.15, -0.1) is 0 Å². The molecule has 0 saturated carbocycles. The van der Waals surface area contributed by atoms with Crippen molar-refractivity contribution in [2.45, 2.75) is 20.0 Å². The van der Waals surface area contributed by atoms with Crippen LogP contribution in [0.3, 0.4) is 0 Å². The fourth-order valence-corrected chi connectivity index (χ4v) is 2.57. The predicted molar refractivity (Wildman–Crippen MR) is 96.1 cm³/mol. The van der Waals surface area contributed by atoms with Gasteiger partial charge in [0, 0.05) is 12.7 Å². The summed E-state index contributed by atoms with van der Waals surface area (Å²) in [4.78, 5) is 23.0. The molecule has 0 bridgehead atoms. The van der Waals surface area contributed by atoms with E-state index >= 15 is 0 Å². The smallest absolute Gasteiger partial charge is 0.243 e.